The number of aliphatic hydroxyl groups is 1. The second-order valence-electron chi connectivity index (χ2n) is 20.5. The van der Waals surface area contributed by atoms with Gasteiger partial charge in [-0.15, -0.1) is 0 Å². The number of halogens is 1. The van der Waals surface area contributed by atoms with Crippen LogP contribution in [0.25, 0.3) is 0 Å². The van der Waals surface area contributed by atoms with Gasteiger partial charge in [0.15, 0.2) is 5.72 Å². The molecule has 1 unspecified atom stereocenters. The Hall–Kier alpha value is -4.83. The number of piperidine rings is 1. The highest BCUT2D eigenvalue weighted by Gasteiger charge is 2.64. The second-order valence-corrected chi connectivity index (χ2v) is 20.9. The molecule has 8 atom stereocenters. The topological polar surface area (TPSA) is 234 Å². The van der Waals surface area contributed by atoms with E-state index >= 15 is 0 Å². The van der Waals surface area contributed by atoms with Gasteiger partial charge in [0.1, 0.15) is 46.3 Å². The van der Waals surface area contributed by atoms with Crippen LogP contribution in [0.3, 0.4) is 0 Å². The number of rotatable bonds is 18. The zero-order chi connectivity index (χ0) is 53.8. The Kier molecular flexibility index (Phi) is 21.1. The van der Waals surface area contributed by atoms with E-state index in [1.807, 2.05) is 13.0 Å². The standard InChI is InChI=1S/C52H78ClN5O15/c1-32-13-12-14-40(67-11)52(65)31-39(70-49(64)55-52)33(2)47-51(7,73-47)41(30-44(61)57(9)37-28-35(27-32)29-38(66-10)46(37)53)71-48(63)34(3)56(8)42(59)15-16-43(60)58(36-17-20-54-21-18-36)22-24-69-26-25-68-23-19-45(62)72-50(4,5)6/h12-14,28-29,33-34,36,39-41,47,54,65H,15-27,30-31H2,1-11H3,(H,55,64)/b14-12+,32-13+/t33-,34+,39+,40-,41+,47?,51+,52+/m1/s1. The number of likely N-dealkylation sites (N-methyl/N-ethyl adjacent to an activating group) is 1. The van der Waals surface area contributed by atoms with Gasteiger partial charge in [0.2, 0.25) is 17.7 Å². The van der Waals surface area contributed by atoms with Gasteiger partial charge in [0, 0.05) is 59.0 Å². The van der Waals surface area contributed by atoms with Gasteiger partial charge in [-0.25, -0.2) is 9.59 Å². The number of hydrogen-bond donors (Lipinski definition) is 3. The number of ether oxygens (including phenoxy) is 8. The Balaban J connectivity index is 1.28. The molecule has 4 heterocycles. The van der Waals surface area contributed by atoms with Crippen molar-refractivity contribution in [2.45, 2.75) is 153 Å². The van der Waals surface area contributed by atoms with E-state index in [4.69, 9.17) is 49.5 Å². The number of allylic oxidation sites excluding steroid dienone is 3. The minimum atomic E-state index is -1.88. The Bertz CT molecular complexity index is 2180. The average molecular weight is 1050 g/mol. The van der Waals surface area contributed by atoms with E-state index in [1.165, 1.54) is 38.0 Å². The van der Waals surface area contributed by atoms with Crippen molar-refractivity contribution in [3.63, 3.8) is 0 Å². The fraction of sp³-hybridized carbons (Fsp3) is 0.692. The van der Waals surface area contributed by atoms with E-state index < -0.39 is 77.2 Å². The molecule has 3 fully saturated rings. The molecule has 3 saturated heterocycles. The first-order valence-corrected chi connectivity index (χ1v) is 25.5. The van der Waals surface area contributed by atoms with Gasteiger partial charge in [-0.1, -0.05) is 42.3 Å². The Morgan fingerprint density at radius 3 is 2.34 bits per heavy atom. The van der Waals surface area contributed by atoms with Crippen molar-refractivity contribution < 1.29 is 71.8 Å². The number of alkyl carbamates (subject to hydrolysis) is 1. The molecule has 0 radical (unpaired) electrons. The molecule has 4 amide bonds. The maximum absolute atomic E-state index is 14.4. The largest absolute Gasteiger partial charge is 0.495 e. The second kappa shape index (κ2) is 26.1. The van der Waals surface area contributed by atoms with E-state index in [2.05, 4.69) is 10.6 Å². The predicted octanol–water partition coefficient (Wildman–Crippen LogP) is 4.64. The molecule has 4 bridgehead atoms. The monoisotopic (exact) mass is 1050 g/mol. The molecule has 5 rings (SSSR count). The van der Waals surface area contributed by atoms with Gasteiger partial charge >= 0.3 is 18.0 Å². The van der Waals surface area contributed by atoms with Gasteiger partial charge in [0.05, 0.1) is 58.2 Å². The SMILES string of the molecule is COc1cc2cc(c1Cl)N(C)C(=O)C[C@H](OC(=O)[C@H](C)N(C)C(=O)CCC(=O)N(CCOCCOCCC(=O)OC(C)(C)C)C1CCNCC1)[C@]1(C)OC1[C@H](C)[C@@H]1C[C@@](O)(NC(=O)O1)[C@H](OC)/C=C/C=C(\C)C2. The van der Waals surface area contributed by atoms with E-state index in [0.717, 1.165) is 37.1 Å². The van der Waals surface area contributed by atoms with E-state index in [0.29, 0.717) is 24.4 Å². The van der Waals surface area contributed by atoms with Crippen LogP contribution in [0.2, 0.25) is 5.02 Å². The number of fused-ring (bicyclic) bond motifs is 5. The number of methoxy groups -OCH3 is 2. The molecule has 21 heteroatoms. The van der Waals surface area contributed by atoms with Gasteiger partial charge in [-0.2, -0.15) is 0 Å². The highest BCUT2D eigenvalue weighted by molar-refractivity contribution is 6.35. The molecule has 0 spiro atoms. The van der Waals surface area contributed by atoms with Crippen molar-refractivity contribution in [3.8, 4) is 5.75 Å². The number of carbonyl (C=O) groups is 6. The number of anilines is 1. The van der Waals surface area contributed by atoms with E-state index in [-0.39, 0.29) is 81.5 Å². The normalized spacial score (nSPS) is 27.5. The summed E-state index contributed by atoms with van der Waals surface area (Å²) in [5, 5.41) is 17.9. The van der Waals surface area contributed by atoms with Crippen LogP contribution in [0.5, 0.6) is 5.75 Å². The summed E-state index contributed by atoms with van der Waals surface area (Å²) in [6.45, 7) is 15.0. The number of nitrogens with one attached hydrogen (secondary N) is 2. The summed E-state index contributed by atoms with van der Waals surface area (Å²) in [6, 6.07) is 2.35. The highest BCUT2D eigenvalue weighted by Crippen LogP contribution is 2.49. The summed E-state index contributed by atoms with van der Waals surface area (Å²) < 4.78 is 46.1. The van der Waals surface area contributed by atoms with Crippen LogP contribution in [0, 0.1) is 5.92 Å². The molecule has 0 saturated carbocycles. The third-order valence-corrected chi connectivity index (χ3v) is 14.2. The minimum absolute atomic E-state index is 0.0495. The van der Waals surface area contributed by atoms with Crippen molar-refractivity contribution in [2.75, 3.05) is 79.3 Å². The molecular formula is C52H78ClN5O15. The first kappa shape index (κ1) is 59.1. The van der Waals surface area contributed by atoms with Crippen LogP contribution >= 0.6 is 11.6 Å². The van der Waals surface area contributed by atoms with Crippen molar-refractivity contribution in [1.29, 1.82) is 0 Å². The minimum Gasteiger partial charge on any atom is -0.495 e. The number of nitrogens with zero attached hydrogens (tertiary/aromatic N) is 3. The van der Waals surface area contributed by atoms with Crippen LogP contribution in [0.15, 0.2) is 35.9 Å². The van der Waals surface area contributed by atoms with Gasteiger partial charge in [0.25, 0.3) is 0 Å². The quantitative estimate of drug-likeness (QED) is 0.0787. The van der Waals surface area contributed by atoms with Crippen molar-refractivity contribution in [2.24, 2.45) is 5.92 Å². The fourth-order valence-electron chi connectivity index (χ4n) is 9.41. The third kappa shape index (κ3) is 16.1. The number of benzene rings is 1. The molecule has 0 aromatic heterocycles. The lowest BCUT2D eigenvalue weighted by atomic mass is 9.83. The molecule has 4 aliphatic heterocycles. The lowest BCUT2D eigenvalue weighted by Crippen LogP contribution is -2.63. The third-order valence-electron chi connectivity index (χ3n) is 13.9. The zero-order valence-electron chi connectivity index (χ0n) is 44.4. The van der Waals surface area contributed by atoms with E-state index in [9.17, 15) is 33.9 Å². The number of esters is 2. The van der Waals surface area contributed by atoms with Gasteiger partial charge < -0.3 is 63.0 Å². The van der Waals surface area contributed by atoms with Crippen LogP contribution < -0.4 is 20.3 Å². The summed E-state index contributed by atoms with van der Waals surface area (Å²) >= 11 is 6.83. The summed E-state index contributed by atoms with van der Waals surface area (Å²) in [6.07, 6.45) is 1.74. The lowest BCUT2D eigenvalue weighted by Gasteiger charge is -2.42. The van der Waals surface area contributed by atoms with Crippen LogP contribution in [0.1, 0.15) is 99.0 Å². The van der Waals surface area contributed by atoms with Gasteiger partial charge in [-0.05, 0) is 91.6 Å². The summed E-state index contributed by atoms with van der Waals surface area (Å²) in [4.78, 5) is 85.5. The first-order valence-electron chi connectivity index (χ1n) is 25.1. The molecule has 1 aromatic carbocycles. The predicted molar refractivity (Wildman–Crippen MR) is 270 cm³/mol. The molecule has 73 heavy (non-hydrogen) atoms. The summed E-state index contributed by atoms with van der Waals surface area (Å²) in [5.74, 6) is -2.61. The molecule has 408 valence electrons. The van der Waals surface area contributed by atoms with Crippen molar-refractivity contribution in [1.82, 2.24) is 20.4 Å². The van der Waals surface area contributed by atoms with Crippen molar-refractivity contribution >= 4 is 53.0 Å². The molecule has 1 aromatic rings. The van der Waals surface area contributed by atoms with Crippen LogP contribution in [0.4, 0.5) is 10.5 Å². The molecular weight excluding hydrogens is 970 g/mol. The molecule has 0 aliphatic carbocycles. The summed E-state index contributed by atoms with van der Waals surface area (Å²) in [5.41, 5.74) is -1.72. The van der Waals surface area contributed by atoms with E-state index in [1.54, 1.807) is 70.9 Å². The molecule has 3 N–H and O–H groups in total. The zero-order valence-corrected chi connectivity index (χ0v) is 45.2. The maximum Gasteiger partial charge on any atom is 0.409 e. The van der Waals surface area contributed by atoms with Crippen molar-refractivity contribution in [3.05, 3.63) is 46.5 Å². The summed E-state index contributed by atoms with van der Waals surface area (Å²) in [7, 11) is 5.90. The van der Waals surface area contributed by atoms with Crippen LogP contribution in [-0.2, 0) is 63.6 Å². The smallest absolute Gasteiger partial charge is 0.409 e. The maximum atomic E-state index is 14.4. The Morgan fingerprint density at radius 1 is 1.01 bits per heavy atom. The number of carbonyl (C=O) groups excluding carboxylic acids is 6. The average Bonchev–Trinajstić information content (AvgIpc) is 4.04. The number of amides is 4. The van der Waals surface area contributed by atoms with Crippen LogP contribution in [-0.4, -0.2) is 178 Å². The fourth-order valence-corrected chi connectivity index (χ4v) is 9.73. The Morgan fingerprint density at radius 2 is 1.68 bits per heavy atom. The number of epoxide rings is 1. The lowest BCUT2D eigenvalue weighted by molar-refractivity contribution is -0.162. The molecule has 20 nitrogen and oxygen atoms in total. The number of hydrogen-bond acceptors (Lipinski definition) is 16. The van der Waals surface area contributed by atoms with Gasteiger partial charge in [-0.3, -0.25) is 24.5 Å². The Labute approximate surface area is 434 Å². The first-order chi connectivity index (χ1) is 34.4. The highest BCUT2D eigenvalue weighted by atomic mass is 35.5. The molecule has 4 aliphatic rings.